The van der Waals surface area contributed by atoms with Crippen LogP contribution in [-0.4, -0.2) is 56.2 Å². The molecule has 0 atom stereocenters. The van der Waals surface area contributed by atoms with E-state index in [0.29, 0.717) is 56.0 Å². The first-order chi connectivity index (χ1) is 16.4. The van der Waals surface area contributed by atoms with Crippen LogP contribution in [0.15, 0.2) is 36.4 Å². The predicted molar refractivity (Wildman–Crippen MR) is 133 cm³/mol. The van der Waals surface area contributed by atoms with Crippen molar-refractivity contribution < 1.29 is 23.8 Å². The lowest BCUT2D eigenvalue weighted by molar-refractivity contribution is -0.137. The van der Waals surface area contributed by atoms with Crippen molar-refractivity contribution in [1.82, 2.24) is 4.90 Å². The van der Waals surface area contributed by atoms with Crippen LogP contribution in [0.2, 0.25) is 5.02 Å². The SMILES string of the molecule is CCOc1cc(CNc2cccc(NC(=O)C(C)C)c2)cc(Cl)c1OCC(=O)N1CCOCC1. The van der Waals surface area contributed by atoms with Crippen LogP contribution in [0.25, 0.3) is 0 Å². The van der Waals surface area contributed by atoms with Crippen LogP contribution < -0.4 is 20.1 Å². The number of hydrogen-bond acceptors (Lipinski definition) is 6. The number of morpholine rings is 1. The Morgan fingerprint density at radius 3 is 2.56 bits per heavy atom. The number of amides is 2. The highest BCUT2D eigenvalue weighted by Crippen LogP contribution is 2.37. The average molecular weight is 490 g/mol. The second-order valence-electron chi connectivity index (χ2n) is 8.20. The number of ether oxygens (including phenoxy) is 3. The molecule has 1 fully saturated rings. The fraction of sp³-hybridized carbons (Fsp3) is 0.440. The molecule has 34 heavy (non-hydrogen) atoms. The van der Waals surface area contributed by atoms with Crippen molar-refractivity contribution in [3.63, 3.8) is 0 Å². The molecular weight excluding hydrogens is 458 g/mol. The topological polar surface area (TPSA) is 89.1 Å². The zero-order valence-electron chi connectivity index (χ0n) is 19.9. The van der Waals surface area contributed by atoms with E-state index in [4.69, 9.17) is 25.8 Å². The number of hydrogen-bond donors (Lipinski definition) is 2. The number of rotatable bonds is 10. The van der Waals surface area contributed by atoms with Gasteiger partial charge in [0.05, 0.1) is 24.8 Å². The summed E-state index contributed by atoms with van der Waals surface area (Å²) in [6, 6.07) is 11.2. The van der Waals surface area contributed by atoms with E-state index >= 15 is 0 Å². The second kappa shape index (κ2) is 12.5. The summed E-state index contributed by atoms with van der Waals surface area (Å²) >= 11 is 6.51. The Morgan fingerprint density at radius 2 is 1.85 bits per heavy atom. The zero-order chi connectivity index (χ0) is 24.5. The number of benzene rings is 2. The smallest absolute Gasteiger partial charge is 0.260 e. The Hall–Kier alpha value is -2.97. The van der Waals surface area contributed by atoms with Gasteiger partial charge in [0.1, 0.15) is 0 Å². The molecule has 1 aliphatic rings. The molecule has 3 rings (SSSR count). The van der Waals surface area contributed by atoms with Gasteiger partial charge in [-0.05, 0) is 42.8 Å². The molecule has 0 spiro atoms. The van der Waals surface area contributed by atoms with Gasteiger partial charge in [-0.25, -0.2) is 0 Å². The number of nitrogens with one attached hydrogen (secondary N) is 2. The van der Waals surface area contributed by atoms with E-state index in [9.17, 15) is 9.59 Å². The average Bonchev–Trinajstić information content (AvgIpc) is 2.83. The van der Waals surface area contributed by atoms with Gasteiger partial charge >= 0.3 is 0 Å². The van der Waals surface area contributed by atoms with Crippen LogP contribution in [0.4, 0.5) is 11.4 Å². The third-order valence-electron chi connectivity index (χ3n) is 5.22. The molecule has 0 unspecified atom stereocenters. The molecule has 1 heterocycles. The summed E-state index contributed by atoms with van der Waals surface area (Å²) in [5.41, 5.74) is 2.47. The molecule has 0 radical (unpaired) electrons. The van der Waals surface area contributed by atoms with E-state index in [1.807, 2.05) is 51.1 Å². The van der Waals surface area contributed by atoms with Gasteiger partial charge in [0, 0.05) is 36.9 Å². The van der Waals surface area contributed by atoms with Crippen molar-refractivity contribution in [2.75, 3.05) is 50.2 Å². The Balaban J connectivity index is 1.65. The van der Waals surface area contributed by atoms with Crippen LogP contribution in [-0.2, 0) is 20.9 Å². The van der Waals surface area contributed by atoms with Crippen molar-refractivity contribution in [2.45, 2.75) is 27.3 Å². The van der Waals surface area contributed by atoms with Crippen LogP contribution in [0.1, 0.15) is 26.3 Å². The molecule has 0 bridgehead atoms. The van der Waals surface area contributed by atoms with Gasteiger partial charge in [-0.2, -0.15) is 0 Å². The van der Waals surface area contributed by atoms with E-state index in [1.54, 1.807) is 11.0 Å². The van der Waals surface area contributed by atoms with Crippen molar-refractivity contribution in [3.05, 3.63) is 47.0 Å². The summed E-state index contributed by atoms with van der Waals surface area (Å²) in [5, 5.41) is 6.60. The molecule has 2 N–H and O–H groups in total. The maximum Gasteiger partial charge on any atom is 0.260 e. The predicted octanol–water partition coefficient (Wildman–Crippen LogP) is 4.18. The molecule has 184 valence electrons. The summed E-state index contributed by atoms with van der Waals surface area (Å²) in [7, 11) is 0. The molecule has 0 aromatic heterocycles. The van der Waals surface area contributed by atoms with Gasteiger partial charge in [0.15, 0.2) is 18.1 Å². The monoisotopic (exact) mass is 489 g/mol. The Labute approximate surface area is 205 Å². The molecule has 2 aromatic rings. The first-order valence-corrected chi connectivity index (χ1v) is 11.8. The van der Waals surface area contributed by atoms with Gasteiger partial charge in [0.25, 0.3) is 5.91 Å². The summed E-state index contributed by atoms with van der Waals surface area (Å²) in [5.74, 6) is 0.595. The third kappa shape index (κ3) is 7.27. The van der Waals surface area contributed by atoms with Crippen molar-refractivity contribution in [1.29, 1.82) is 0 Å². The summed E-state index contributed by atoms with van der Waals surface area (Å²) < 4.78 is 16.8. The minimum absolute atomic E-state index is 0.0343. The molecule has 0 aliphatic carbocycles. The summed E-state index contributed by atoms with van der Waals surface area (Å²) in [4.78, 5) is 26.1. The van der Waals surface area contributed by atoms with Crippen molar-refractivity contribution in [2.24, 2.45) is 5.92 Å². The van der Waals surface area contributed by atoms with Crippen molar-refractivity contribution in [3.8, 4) is 11.5 Å². The summed E-state index contributed by atoms with van der Waals surface area (Å²) in [6.45, 7) is 8.54. The lowest BCUT2D eigenvalue weighted by atomic mass is 10.1. The minimum Gasteiger partial charge on any atom is -0.490 e. The normalized spacial score (nSPS) is 13.5. The number of halogens is 1. The summed E-state index contributed by atoms with van der Waals surface area (Å²) in [6.07, 6.45) is 0. The maximum absolute atomic E-state index is 12.4. The van der Waals surface area contributed by atoms with Crippen LogP contribution in [0.3, 0.4) is 0 Å². The molecule has 2 amide bonds. The second-order valence-corrected chi connectivity index (χ2v) is 8.61. The molecule has 1 saturated heterocycles. The largest absolute Gasteiger partial charge is 0.490 e. The molecular formula is C25H32ClN3O5. The lowest BCUT2D eigenvalue weighted by Crippen LogP contribution is -2.43. The molecule has 8 nitrogen and oxygen atoms in total. The Bertz CT molecular complexity index is 993. The first-order valence-electron chi connectivity index (χ1n) is 11.5. The fourth-order valence-corrected chi connectivity index (χ4v) is 3.65. The molecule has 9 heteroatoms. The van der Waals surface area contributed by atoms with Crippen molar-refractivity contribution >= 4 is 34.8 Å². The zero-order valence-corrected chi connectivity index (χ0v) is 20.6. The van der Waals surface area contributed by atoms with E-state index in [2.05, 4.69) is 10.6 Å². The van der Waals surface area contributed by atoms with Crippen LogP contribution in [0, 0.1) is 5.92 Å². The first kappa shape index (κ1) is 25.6. The number of carbonyl (C=O) groups is 2. The van der Waals surface area contributed by atoms with E-state index in [1.165, 1.54) is 0 Å². The highest BCUT2D eigenvalue weighted by atomic mass is 35.5. The van der Waals surface area contributed by atoms with E-state index < -0.39 is 0 Å². The fourth-order valence-electron chi connectivity index (χ4n) is 3.36. The van der Waals surface area contributed by atoms with Gasteiger partial charge in [-0.1, -0.05) is 31.5 Å². The highest BCUT2D eigenvalue weighted by molar-refractivity contribution is 6.32. The minimum atomic E-state index is -0.119. The maximum atomic E-state index is 12.4. The van der Waals surface area contributed by atoms with Crippen LogP contribution >= 0.6 is 11.6 Å². The standard InChI is InChI=1S/C25H32ClN3O5/c1-4-33-22-13-18(15-27-19-6-5-7-20(14-19)28-25(31)17(2)3)12-21(26)24(22)34-16-23(30)29-8-10-32-11-9-29/h5-7,12-14,17,27H,4,8-11,15-16H2,1-3H3,(H,28,31). The van der Waals surface area contributed by atoms with Crippen LogP contribution in [0.5, 0.6) is 11.5 Å². The van der Waals surface area contributed by atoms with E-state index in [0.717, 1.165) is 16.9 Å². The quantitative estimate of drug-likeness (QED) is 0.520. The van der Waals surface area contributed by atoms with Gasteiger partial charge < -0.3 is 29.7 Å². The Kier molecular flexibility index (Phi) is 9.42. The molecule has 0 saturated carbocycles. The van der Waals surface area contributed by atoms with Gasteiger partial charge in [0.2, 0.25) is 5.91 Å². The third-order valence-corrected chi connectivity index (χ3v) is 5.50. The van der Waals surface area contributed by atoms with Gasteiger partial charge in [-0.15, -0.1) is 0 Å². The number of carbonyl (C=O) groups excluding carboxylic acids is 2. The number of nitrogens with zero attached hydrogens (tertiary/aromatic N) is 1. The van der Waals surface area contributed by atoms with E-state index in [-0.39, 0.29) is 24.3 Å². The lowest BCUT2D eigenvalue weighted by Gasteiger charge is -2.27. The Morgan fingerprint density at radius 1 is 1.12 bits per heavy atom. The molecule has 2 aromatic carbocycles. The molecule has 1 aliphatic heterocycles. The number of anilines is 2. The highest BCUT2D eigenvalue weighted by Gasteiger charge is 2.20. The van der Waals surface area contributed by atoms with Gasteiger partial charge in [-0.3, -0.25) is 9.59 Å².